The Labute approximate surface area is 129 Å². The van der Waals surface area contributed by atoms with Crippen LogP contribution in [0, 0.1) is 13.8 Å². The van der Waals surface area contributed by atoms with Crippen LogP contribution < -0.4 is 4.74 Å². The predicted molar refractivity (Wildman–Crippen MR) is 91.1 cm³/mol. The van der Waals surface area contributed by atoms with Crippen LogP contribution in [0.3, 0.4) is 0 Å². The monoisotopic (exact) mass is 288 g/mol. The van der Waals surface area contributed by atoms with Gasteiger partial charge in [-0.3, -0.25) is 0 Å². The van der Waals surface area contributed by atoms with Crippen molar-refractivity contribution in [3.8, 4) is 11.5 Å². The molecule has 0 bridgehead atoms. The van der Waals surface area contributed by atoms with Gasteiger partial charge in [0.1, 0.15) is 18.1 Å². The molecule has 0 aliphatic rings. The molecule has 2 rings (SSSR count). The lowest BCUT2D eigenvalue weighted by atomic mass is 10.1. The predicted octanol–water partition coefficient (Wildman–Crippen LogP) is 5.64. The van der Waals surface area contributed by atoms with Gasteiger partial charge >= 0.3 is 0 Å². The maximum absolute atomic E-state index is 9.66. The number of phenolic OH excluding ortho intramolecular Hbond substituents is 1. The molecule has 116 valence electrons. The summed E-state index contributed by atoms with van der Waals surface area (Å²) in [4.78, 5) is 0. The van der Waals surface area contributed by atoms with E-state index in [1.807, 2.05) is 84.0 Å². The first-order valence-corrected chi connectivity index (χ1v) is 7.64. The number of benzene rings is 2. The molecule has 2 nitrogen and oxygen atoms in total. The molecule has 0 heterocycles. The molecule has 2 aromatic rings. The third kappa shape index (κ3) is 6.35. The summed E-state index contributed by atoms with van der Waals surface area (Å²) in [5.41, 5.74) is 2.82. The van der Waals surface area contributed by atoms with Crippen LogP contribution in [0.15, 0.2) is 42.5 Å². The molecule has 0 spiro atoms. The highest BCUT2D eigenvalue weighted by Gasteiger charge is 2.04. The van der Waals surface area contributed by atoms with E-state index in [4.69, 9.17) is 4.74 Å². The van der Waals surface area contributed by atoms with Crippen molar-refractivity contribution in [2.24, 2.45) is 0 Å². The summed E-state index contributed by atoms with van der Waals surface area (Å²) in [6.07, 6.45) is 0. The SMILES string of the molecule is CC.CC.Cc1cc(OCc2ccccc2)cc(C)c1O. The van der Waals surface area contributed by atoms with Crippen LogP contribution in [0.4, 0.5) is 0 Å². The van der Waals surface area contributed by atoms with Gasteiger partial charge in [0.25, 0.3) is 0 Å². The molecule has 0 amide bonds. The minimum atomic E-state index is 0.345. The minimum Gasteiger partial charge on any atom is -0.507 e. The van der Waals surface area contributed by atoms with Crippen LogP contribution in [-0.2, 0) is 6.61 Å². The Bertz CT molecular complexity index is 481. The summed E-state index contributed by atoms with van der Waals surface area (Å²) in [7, 11) is 0. The average Bonchev–Trinajstić information content (AvgIpc) is 2.55. The number of rotatable bonds is 3. The van der Waals surface area contributed by atoms with Crippen LogP contribution in [0.1, 0.15) is 44.4 Å². The molecular weight excluding hydrogens is 260 g/mol. The number of hydrogen-bond donors (Lipinski definition) is 1. The summed E-state index contributed by atoms with van der Waals surface area (Å²) in [6, 6.07) is 13.7. The number of aryl methyl sites for hydroxylation is 2. The van der Waals surface area contributed by atoms with Crippen LogP contribution in [-0.4, -0.2) is 5.11 Å². The molecule has 0 aliphatic heterocycles. The van der Waals surface area contributed by atoms with Crippen molar-refractivity contribution in [1.82, 2.24) is 0 Å². The van der Waals surface area contributed by atoms with Gasteiger partial charge < -0.3 is 9.84 Å². The van der Waals surface area contributed by atoms with Crippen molar-refractivity contribution in [2.45, 2.75) is 48.1 Å². The molecule has 2 heteroatoms. The van der Waals surface area contributed by atoms with Crippen molar-refractivity contribution in [2.75, 3.05) is 0 Å². The summed E-state index contributed by atoms with van der Waals surface area (Å²) in [5, 5.41) is 9.66. The van der Waals surface area contributed by atoms with Crippen molar-refractivity contribution in [3.63, 3.8) is 0 Å². The van der Waals surface area contributed by atoms with E-state index in [-0.39, 0.29) is 0 Å². The molecule has 1 N–H and O–H groups in total. The fraction of sp³-hybridized carbons (Fsp3) is 0.368. The zero-order valence-corrected chi connectivity index (χ0v) is 14.1. The Kier molecular flexibility index (Phi) is 9.78. The number of ether oxygens (including phenoxy) is 1. The molecule has 2 aromatic carbocycles. The second-order valence-corrected chi connectivity index (χ2v) is 4.18. The molecule has 21 heavy (non-hydrogen) atoms. The third-order valence-corrected chi connectivity index (χ3v) is 2.71. The maximum Gasteiger partial charge on any atom is 0.121 e. The van der Waals surface area contributed by atoms with Crippen molar-refractivity contribution < 1.29 is 9.84 Å². The Morgan fingerprint density at radius 3 is 1.81 bits per heavy atom. The van der Waals surface area contributed by atoms with Crippen LogP contribution in [0.25, 0.3) is 0 Å². The van der Waals surface area contributed by atoms with Gasteiger partial charge in [-0.05, 0) is 42.7 Å². The lowest BCUT2D eigenvalue weighted by molar-refractivity contribution is 0.305. The molecule has 0 radical (unpaired) electrons. The molecular formula is C19H28O2. The van der Waals surface area contributed by atoms with Gasteiger partial charge in [0, 0.05) is 0 Å². The zero-order chi connectivity index (χ0) is 16.3. The molecule has 0 aromatic heterocycles. The number of phenols is 1. The van der Waals surface area contributed by atoms with Gasteiger partial charge in [0.15, 0.2) is 0 Å². The summed E-state index contributed by atoms with van der Waals surface area (Å²) >= 11 is 0. The third-order valence-electron chi connectivity index (χ3n) is 2.71. The Hall–Kier alpha value is -1.96. The fourth-order valence-electron chi connectivity index (χ4n) is 1.74. The van der Waals surface area contributed by atoms with E-state index in [1.54, 1.807) is 0 Å². The van der Waals surface area contributed by atoms with E-state index in [9.17, 15) is 5.11 Å². The fourth-order valence-corrected chi connectivity index (χ4v) is 1.74. The first-order chi connectivity index (χ1) is 10.2. The zero-order valence-electron chi connectivity index (χ0n) is 14.1. The standard InChI is InChI=1S/C15H16O2.2C2H6/c1-11-8-14(9-12(2)15(11)16)17-10-13-6-4-3-5-7-13;2*1-2/h3-9,16H,10H2,1-2H3;2*1-2H3. The Morgan fingerprint density at radius 1 is 0.857 bits per heavy atom. The van der Waals surface area contributed by atoms with Gasteiger partial charge in [0.2, 0.25) is 0 Å². The number of hydrogen-bond acceptors (Lipinski definition) is 2. The van der Waals surface area contributed by atoms with Gasteiger partial charge in [0.05, 0.1) is 0 Å². The molecule has 0 unspecified atom stereocenters. The van der Waals surface area contributed by atoms with E-state index < -0.39 is 0 Å². The van der Waals surface area contributed by atoms with Crippen LogP contribution in [0.5, 0.6) is 11.5 Å². The minimum absolute atomic E-state index is 0.345. The maximum atomic E-state index is 9.66. The van der Waals surface area contributed by atoms with Gasteiger partial charge in [-0.1, -0.05) is 58.0 Å². The average molecular weight is 288 g/mol. The first kappa shape index (κ1) is 19.0. The van der Waals surface area contributed by atoms with Crippen molar-refractivity contribution >= 4 is 0 Å². The van der Waals surface area contributed by atoms with Gasteiger partial charge in [-0.15, -0.1) is 0 Å². The molecule has 0 saturated heterocycles. The lowest BCUT2D eigenvalue weighted by Gasteiger charge is -2.10. The highest BCUT2D eigenvalue weighted by molar-refractivity contribution is 5.44. The van der Waals surface area contributed by atoms with Crippen molar-refractivity contribution in [3.05, 3.63) is 59.2 Å². The van der Waals surface area contributed by atoms with E-state index in [0.717, 1.165) is 22.4 Å². The van der Waals surface area contributed by atoms with E-state index in [1.165, 1.54) is 0 Å². The van der Waals surface area contributed by atoms with Gasteiger partial charge in [-0.2, -0.15) is 0 Å². The molecule has 0 aliphatic carbocycles. The highest BCUT2D eigenvalue weighted by atomic mass is 16.5. The largest absolute Gasteiger partial charge is 0.507 e. The lowest BCUT2D eigenvalue weighted by Crippen LogP contribution is -1.96. The molecule has 0 saturated carbocycles. The summed E-state index contributed by atoms with van der Waals surface area (Å²) < 4.78 is 5.70. The van der Waals surface area contributed by atoms with E-state index >= 15 is 0 Å². The summed E-state index contributed by atoms with van der Waals surface area (Å²) in [5.74, 6) is 1.14. The van der Waals surface area contributed by atoms with Gasteiger partial charge in [-0.25, -0.2) is 0 Å². The highest BCUT2D eigenvalue weighted by Crippen LogP contribution is 2.27. The van der Waals surface area contributed by atoms with Crippen LogP contribution >= 0.6 is 0 Å². The smallest absolute Gasteiger partial charge is 0.121 e. The summed E-state index contributed by atoms with van der Waals surface area (Å²) in [6.45, 7) is 12.3. The van der Waals surface area contributed by atoms with E-state index in [0.29, 0.717) is 12.4 Å². The quantitative estimate of drug-likeness (QED) is 0.792. The van der Waals surface area contributed by atoms with Crippen molar-refractivity contribution in [1.29, 1.82) is 0 Å². The first-order valence-electron chi connectivity index (χ1n) is 7.64. The Morgan fingerprint density at radius 2 is 1.33 bits per heavy atom. The number of aromatic hydroxyl groups is 1. The van der Waals surface area contributed by atoms with E-state index in [2.05, 4.69) is 0 Å². The molecule has 0 fully saturated rings. The normalized spacial score (nSPS) is 8.86. The van der Waals surface area contributed by atoms with Crippen LogP contribution in [0.2, 0.25) is 0 Å². The molecule has 0 atom stereocenters. The topological polar surface area (TPSA) is 29.5 Å². The second kappa shape index (κ2) is 10.8. The Balaban J connectivity index is 0.000000921. The second-order valence-electron chi connectivity index (χ2n) is 4.18.